The lowest BCUT2D eigenvalue weighted by Gasteiger charge is -2.04. The molecule has 2 N–H and O–H groups in total. The van der Waals surface area contributed by atoms with Crippen molar-refractivity contribution in [3.63, 3.8) is 0 Å². The van der Waals surface area contributed by atoms with E-state index >= 15 is 0 Å². The molecule has 1 heterocycles. The van der Waals surface area contributed by atoms with Crippen molar-refractivity contribution in [2.45, 2.75) is 13.3 Å². The van der Waals surface area contributed by atoms with E-state index in [-0.39, 0.29) is 18.2 Å². The number of aromatic nitrogens is 1. The highest BCUT2D eigenvalue weighted by Crippen LogP contribution is 2.28. The van der Waals surface area contributed by atoms with Gasteiger partial charge in [-0.2, -0.15) is 0 Å². The Balaban J connectivity index is 1.64. The number of halogens is 1. The zero-order valence-electron chi connectivity index (χ0n) is 12.8. The van der Waals surface area contributed by atoms with E-state index in [4.69, 9.17) is 11.6 Å². The van der Waals surface area contributed by atoms with Crippen LogP contribution in [0.5, 0.6) is 0 Å². The Morgan fingerprint density at radius 2 is 1.88 bits per heavy atom. The second-order valence-electron chi connectivity index (χ2n) is 5.23. The first-order chi connectivity index (χ1) is 11.5. The number of hydrogen-bond acceptors (Lipinski definition) is 4. The minimum atomic E-state index is -0.146. The molecule has 0 fully saturated rings. The maximum Gasteiger partial charge on any atom is 0.230 e. The van der Waals surface area contributed by atoms with Gasteiger partial charge in [-0.15, -0.1) is 0 Å². The molecule has 0 spiro atoms. The first kappa shape index (κ1) is 16.4. The maximum absolute atomic E-state index is 12.1. The van der Waals surface area contributed by atoms with Crippen LogP contribution in [0.1, 0.15) is 12.5 Å². The molecule has 0 aliphatic carbocycles. The van der Waals surface area contributed by atoms with Gasteiger partial charge in [0, 0.05) is 17.6 Å². The van der Waals surface area contributed by atoms with Gasteiger partial charge in [-0.25, -0.2) is 4.98 Å². The SMILES string of the molecule is CC(=O)Nc1ccc(CC(=O)Nc2nc3ccc(Cl)cc3s2)cc1. The minimum absolute atomic E-state index is 0.128. The summed E-state index contributed by atoms with van der Waals surface area (Å²) in [7, 11) is 0. The summed E-state index contributed by atoms with van der Waals surface area (Å²) in [6, 6.07) is 12.6. The van der Waals surface area contributed by atoms with Crippen molar-refractivity contribution in [3.05, 3.63) is 53.1 Å². The van der Waals surface area contributed by atoms with E-state index in [0.717, 1.165) is 15.8 Å². The van der Waals surface area contributed by atoms with Crippen LogP contribution < -0.4 is 10.6 Å². The Hall–Kier alpha value is -2.44. The molecule has 5 nitrogen and oxygen atoms in total. The van der Waals surface area contributed by atoms with Crippen molar-refractivity contribution in [2.75, 3.05) is 10.6 Å². The molecule has 2 amide bonds. The molecule has 1 aromatic heterocycles. The van der Waals surface area contributed by atoms with Crippen LogP contribution in [0.15, 0.2) is 42.5 Å². The number of nitrogens with zero attached hydrogens (tertiary/aromatic N) is 1. The third-order valence-corrected chi connectivity index (χ3v) is 4.40. The molecule has 24 heavy (non-hydrogen) atoms. The van der Waals surface area contributed by atoms with Crippen LogP contribution in [0.3, 0.4) is 0 Å². The molecular formula is C17H14ClN3O2S. The van der Waals surface area contributed by atoms with Gasteiger partial charge in [-0.1, -0.05) is 35.1 Å². The summed E-state index contributed by atoms with van der Waals surface area (Å²) < 4.78 is 0.928. The van der Waals surface area contributed by atoms with Gasteiger partial charge in [-0.05, 0) is 35.9 Å². The molecule has 0 atom stereocenters. The molecule has 0 bridgehead atoms. The van der Waals surface area contributed by atoms with Gasteiger partial charge in [0.2, 0.25) is 11.8 Å². The third kappa shape index (κ3) is 4.10. The first-order valence-electron chi connectivity index (χ1n) is 7.22. The highest BCUT2D eigenvalue weighted by Gasteiger charge is 2.09. The number of carbonyl (C=O) groups excluding carboxylic acids is 2. The number of rotatable bonds is 4. The van der Waals surface area contributed by atoms with Crippen LogP contribution in [0.2, 0.25) is 5.02 Å². The molecule has 0 radical (unpaired) electrons. The Labute approximate surface area is 147 Å². The average molecular weight is 360 g/mol. The van der Waals surface area contributed by atoms with Crippen LogP contribution in [0, 0.1) is 0 Å². The molecule has 0 aliphatic heterocycles. The zero-order valence-corrected chi connectivity index (χ0v) is 14.4. The Morgan fingerprint density at radius 3 is 2.58 bits per heavy atom. The lowest BCUT2D eigenvalue weighted by molar-refractivity contribution is -0.116. The van der Waals surface area contributed by atoms with Crippen LogP contribution in [-0.2, 0) is 16.0 Å². The lowest BCUT2D eigenvalue weighted by Crippen LogP contribution is -2.14. The number of amides is 2. The molecule has 3 rings (SSSR count). The van der Waals surface area contributed by atoms with Crippen LogP contribution in [-0.4, -0.2) is 16.8 Å². The quantitative estimate of drug-likeness (QED) is 0.737. The maximum atomic E-state index is 12.1. The van der Waals surface area contributed by atoms with Crippen LogP contribution in [0.4, 0.5) is 10.8 Å². The number of benzene rings is 2. The summed E-state index contributed by atoms with van der Waals surface area (Å²) >= 11 is 7.34. The highest BCUT2D eigenvalue weighted by molar-refractivity contribution is 7.22. The van der Waals surface area contributed by atoms with E-state index < -0.39 is 0 Å². The monoisotopic (exact) mass is 359 g/mol. The molecule has 0 saturated heterocycles. The molecule has 2 aromatic carbocycles. The average Bonchev–Trinajstić information content (AvgIpc) is 2.89. The zero-order chi connectivity index (χ0) is 17.1. The standard InChI is InChI=1S/C17H14ClN3O2S/c1-10(22)19-13-5-2-11(3-6-13)8-16(23)21-17-20-14-7-4-12(18)9-15(14)24-17/h2-7,9H,8H2,1H3,(H,19,22)(H,20,21,23). The number of hydrogen-bond donors (Lipinski definition) is 2. The number of anilines is 2. The van der Waals surface area contributed by atoms with Gasteiger partial charge in [0.05, 0.1) is 16.6 Å². The number of carbonyl (C=O) groups is 2. The lowest BCUT2D eigenvalue weighted by atomic mass is 10.1. The van der Waals surface area contributed by atoms with Crippen molar-refractivity contribution < 1.29 is 9.59 Å². The fourth-order valence-electron chi connectivity index (χ4n) is 2.21. The van der Waals surface area contributed by atoms with Gasteiger partial charge in [-0.3, -0.25) is 9.59 Å². The van der Waals surface area contributed by atoms with E-state index in [1.165, 1.54) is 18.3 Å². The normalized spacial score (nSPS) is 10.6. The molecule has 122 valence electrons. The summed E-state index contributed by atoms with van der Waals surface area (Å²) in [6.45, 7) is 1.45. The fourth-order valence-corrected chi connectivity index (χ4v) is 3.37. The molecule has 7 heteroatoms. The summed E-state index contributed by atoms with van der Waals surface area (Å²) in [5, 5.41) is 6.68. The Kier molecular flexibility index (Phi) is 4.78. The van der Waals surface area contributed by atoms with E-state index in [0.29, 0.717) is 15.8 Å². The predicted molar refractivity (Wildman–Crippen MR) is 97.7 cm³/mol. The molecule has 0 saturated carbocycles. The fraction of sp³-hybridized carbons (Fsp3) is 0.118. The summed E-state index contributed by atoms with van der Waals surface area (Å²) in [5.41, 5.74) is 2.36. The van der Waals surface area contributed by atoms with Gasteiger partial charge in [0.15, 0.2) is 5.13 Å². The Morgan fingerprint density at radius 1 is 1.12 bits per heavy atom. The third-order valence-electron chi connectivity index (χ3n) is 3.24. The highest BCUT2D eigenvalue weighted by atomic mass is 35.5. The topological polar surface area (TPSA) is 71.1 Å². The van der Waals surface area contributed by atoms with Crippen molar-refractivity contribution in [1.29, 1.82) is 0 Å². The summed E-state index contributed by atoms with van der Waals surface area (Å²) in [4.78, 5) is 27.5. The molecule has 3 aromatic rings. The largest absolute Gasteiger partial charge is 0.326 e. The molecule has 0 unspecified atom stereocenters. The van der Waals surface area contributed by atoms with E-state index in [9.17, 15) is 9.59 Å². The van der Waals surface area contributed by atoms with Gasteiger partial charge in [0.1, 0.15) is 0 Å². The van der Waals surface area contributed by atoms with Gasteiger partial charge >= 0.3 is 0 Å². The predicted octanol–water partition coefficient (Wildman–Crippen LogP) is 4.09. The van der Waals surface area contributed by atoms with Gasteiger partial charge < -0.3 is 10.6 Å². The van der Waals surface area contributed by atoms with Crippen molar-refractivity contribution in [2.24, 2.45) is 0 Å². The first-order valence-corrected chi connectivity index (χ1v) is 8.41. The number of fused-ring (bicyclic) bond motifs is 1. The summed E-state index contributed by atoms with van der Waals surface area (Å²) in [6.07, 6.45) is 0.233. The van der Waals surface area contributed by atoms with Crippen LogP contribution >= 0.6 is 22.9 Å². The Bertz CT molecular complexity index is 906. The number of thiazole rings is 1. The number of nitrogens with one attached hydrogen (secondary N) is 2. The van der Waals surface area contributed by atoms with Crippen molar-refractivity contribution >= 4 is 55.8 Å². The van der Waals surface area contributed by atoms with Gasteiger partial charge in [0.25, 0.3) is 0 Å². The second-order valence-corrected chi connectivity index (χ2v) is 6.70. The van der Waals surface area contributed by atoms with Crippen molar-refractivity contribution in [1.82, 2.24) is 4.98 Å². The van der Waals surface area contributed by atoms with E-state index in [1.807, 2.05) is 24.3 Å². The van der Waals surface area contributed by atoms with Crippen molar-refractivity contribution in [3.8, 4) is 0 Å². The minimum Gasteiger partial charge on any atom is -0.326 e. The van der Waals surface area contributed by atoms with Crippen LogP contribution in [0.25, 0.3) is 10.2 Å². The molecule has 0 aliphatic rings. The molecular weight excluding hydrogens is 346 g/mol. The van der Waals surface area contributed by atoms with E-state index in [1.54, 1.807) is 18.2 Å². The smallest absolute Gasteiger partial charge is 0.230 e. The van der Waals surface area contributed by atoms with E-state index in [2.05, 4.69) is 15.6 Å². The summed E-state index contributed by atoms with van der Waals surface area (Å²) in [5.74, 6) is -0.274. The second kappa shape index (κ2) is 6.98.